The van der Waals surface area contributed by atoms with Crippen LogP contribution in [0.3, 0.4) is 0 Å². The van der Waals surface area contributed by atoms with Crippen LogP contribution < -0.4 is 10.5 Å². The summed E-state index contributed by atoms with van der Waals surface area (Å²) in [6.07, 6.45) is 0. The fourth-order valence-electron chi connectivity index (χ4n) is 1.51. The first-order chi connectivity index (χ1) is 8.79. The zero-order chi connectivity index (χ0) is 14.2. The minimum absolute atomic E-state index is 0.284. The Labute approximate surface area is 124 Å². The third-order valence-corrected chi connectivity index (χ3v) is 6.61. The van der Waals surface area contributed by atoms with Gasteiger partial charge in [-0.25, -0.2) is 8.42 Å². The molecule has 102 valence electrons. The Morgan fingerprint density at radius 3 is 2.42 bits per heavy atom. The molecular formula is C12H13BrN2O2S2. The molecule has 7 heteroatoms. The fraction of sp³-hybridized carbons (Fsp3) is 0.167. The summed E-state index contributed by atoms with van der Waals surface area (Å²) in [5.41, 5.74) is 8.59. The van der Waals surface area contributed by atoms with Gasteiger partial charge in [-0.2, -0.15) is 0 Å². The first-order valence-electron chi connectivity index (χ1n) is 5.44. The maximum Gasteiger partial charge on any atom is 0.271 e. The van der Waals surface area contributed by atoms with Crippen LogP contribution in [0.1, 0.15) is 11.1 Å². The van der Waals surface area contributed by atoms with Crippen LogP contribution in [0.4, 0.5) is 11.4 Å². The Morgan fingerprint density at radius 2 is 1.89 bits per heavy atom. The summed E-state index contributed by atoms with van der Waals surface area (Å²) >= 11 is 4.51. The van der Waals surface area contributed by atoms with Crippen molar-refractivity contribution in [2.45, 2.75) is 18.1 Å². The lowest BCUT2D eigenvalue weighted by Crippen LogP contribution is -2.11. The van der Waals surface area contributed by atoms with E-state index in [2.05, 4.69) is 20.7 Å². The molecule has 0 radical (unpaired) electrons. The monoisotopic (exact) mass is 360 g/mol. The maximum absolute atomic E-state index is 12.2. The van der Waals surface area contributed by atoms with Gasteiger partial charge in [0.25, 0.3) is 10.0 Å². The maximum atomic E-state index is 12.2. The zero-order valence-electron chi connectivity index (χ0n) is 10.4. The Kier molecular flexibility index (Phi) is 3.89. The highest BCUT2D eigenvalue weighted by Crippen LogP contribution is 2.31. The molecular weight excluding hydrogens is 348 g/mol. The van der Waals surface area contributed by atoms with E-state index in [9.17, 15) is 8.42 Å². The highest BCUT2D eigenvalue weighted by molar-refractivity contribution is 9.11. The zero-order valence-corrected chi connectivity index (χ0v) is 13.6. The molecule has 0 saturated heterocycles. The first-order valence-corrected chi connectivity index (χ1v) is 8.54. The summed E-state index contributed by atoms with van der Waals surface area (Å²) in [7, 11) is -3.55. The molecule has 0 unspecified atom stereocenters. The second kappa shape index (κ2) is 5.15. The average Bonchev–Trinajstić information content (AvgIpc) is 2.65. The Morgan fingerprint density at radius 1 is 1.21 bits per heavy atom. The smallest absolute Gasteiger partial charge is 0.271 e. The second-order valence-electron chi connectivity index (χ2n) is 4.20. The van der Waals surface area contributed by atoms with Crippen molar-refractivity contribution in [3.05, 3.63) is 39.2 Å². The highest BCUT2D eigenvalue weighted by atomic mass is 79.9. The van der Waals surface area contributed by atoms with E-state index < -0.39 is 10.0 Å². The Hall–Kier alpha value is -1.05. The van der Waals surface area contributed by atoms with E-state index in [1.165, 1.54) is 11.3 Å². The summed E-state index contributed by atoms with van der Waals surface area (Å²) < 4.78 is 28.1. The molecule has 2 rings (SSSR count). The van der Waals surface area contributed by atoms with Gasteiger partial charge in [-0.1, -0.05) is 0 Å². The van der Waals surface area contributed by atoms with Crippen LogP contribution in [-0.4, -0.2) is 8.42 Å². The van der Waals surface area contributed by atoms with Gasteiger partial charge in [0.05, 0.1) is 3.79 Å². The first kappa shape index (κ1) is 14.4. The van der Waals surface area contributed by atoms with E-state index in [0.29, 0.717) is 11.4 Å². The van der Waals surface area contributed by atoms with E-state index in [0.717, 1.165) is 14.9 Å². The minimum atomic E-state index is -3.55. The van der Waals surface area contributed by atoms with Gasteiger partial charge in [0.2, 0.25) is 0 Å². The second-order valence-corrected chi connectivity index (χ2v) is 8.48. The molecule has 2 aromatic rings. The molecule has 0 aliphatic rings. The lowest BCUT2D eigenvalue weighted by atomic mass is 10.2. The summed E-state index contributed by atoms with van der Waals surface area (Å²) in [4.78, 5) is 0. The standard InChI is InChI=1S/C12H13BrN2O2S2/c1-7-5-9(3-4-10(7)14)15-19(16,17)11-6-8(2)12(13)18-11/h3-6,15H,14H2,1-2H3. The van der Waals surface area contributed by atoms with E-state index in [1.807, 2.05) is 13.8 Å². The van der Waals surface area contributed by atoms with Gasteiger partial charge >= 0.3 is 0 Å². The SMILES string of the molecule is Cc1cc(NS(=O)(=O)c2cc(C)c(Br)s2)ccc1N. The van der Waals surface area contributed by atoms with Crippen LogP contribution in [0.5, 0.6) is 0 Å². The van der Waals surface area contributed by atoms with Gasteiger partial charge in [0.15, 0.2) is 0 Å². The molecule has 0 aliphatic heterocycles. The number of rotatable bonds is 3. The van der Waals surface area contributed by atoms with E-state index in [1.54, 1.807) is 24.3 Å². The minimum Gasteiger partial charge on any atom is -0.399 e. The third kappa shape index (κ3) is 3.10. The molecule has 0 aliphatic carbocycles. The summed E-state index contributed by atoms with van der Waals surface area (Å²) in [5.74, 6) is 0. The van der Waals surface area contributed by atoms with Crippen molar-refractivity contribution in [1.82, 2.24) is 0 Å². The Bertz CT molecular complexity index is 704. The van der Waals surface area contributed by atoms with Crippen molar-refractivity contribution in [2.75, 3.05) is 10.5 Å². The molecule has 3 N–H and O–H groups in total. The molecule has 0 bridgehead atoms. The molecule has 19 heavy (non-hydrogen) atoms. The van der Waals surface area contributed by atoms with Crippen LogP contribution in [0.25, 0.3) is 0 Å². The largest absolute Gasteiger partial charge is 0.399 e. The summed E-state index contributed by atoms with van der Waals surface area (Å²) in [6.45, 7) is 3.69. The number of hydrogen-bond acceptors (Lipinski definition) is 4. The molecule has 0 atom stereocenters. The molecule has 1 aromatic heterocycles. The van der Waals surface area contributed by atoms with Gasteiger partial charge in [0, 0.05) is 11.4 Å². The van der Waals surface area contributed by atoms with Gasteiger partial charge in [-0.3, -0.25) is 4.72 Å². The van der Waals surface area contributed by atoms with Gasteiger partial charge in [0.1, 0.15) is 4.21 Å². The number of thiophene rings is 1. The molecule has 0 saturated carbocycles. The number of hydrogen-bond donors (Lipinski definition) is 2. The van der Waals surface area contributed by atoms with Crippen molar-refractivity contribution in [3.8, 4) is 0 Å². The predicted octanol–water partition coefficient (Wildman–Crippen LogP) is 3.51. The highest BCUT2D eigenvalue weighted by Gasteiger charge is 2.18. The van der Waals surface area contributed by atoms with E-state index in [4.69, 9.17) is 5.73 Å². The average molecular weight is 361 g/mol. The van der Waals surface area contributed by atoms with Crippen LogP contribution in [0, 0.1) is 13.8 Å². The fourth-order valence-corrected chi connectivity index (χ4v) is 4.78. The summed E-state index contributed by atoms with van der Waals surface area (Å²) in [6, 6.07) is 6.68. The van der Waals surface area contributed by atoms with Crippen LogP contribution in [0.15, 0.2) is 32.3 Å². The third-order valence-electron chi connectivity index (χ3n) is 2.62. The van der Waals surface area contributed by atoms with E-state index in [-0.39, 0.29) is 4.21 Å². The number of nitrogen functional groups attached to an aromatic ring is 1. The van der Waals surface area contributed by atoms with Crippen LogP contribution in [0.2, 0.25) is 0 Å². The van der Waals surface area contributed by atoms with Gasteiger partial charge in [-0.05, 0) is 65.2 Å². The topological polar surface area (TPSA) is 72.2 Å². The van der Waals surface area contributed by atoms with Crippen molar-refractivity contribution in [2.24, 2.45) is 0 Å². The quantitative estimate of drug-likeness (QED) is 0.822. The number of nitrogens with two attached hydrogens (primary N) is 1. The molecule has 0 spiro atoms. The number of aryl methyl sites for hydroxylation is 2. The van der Waals surface area contributed by atoms with Gasteiger partial charge in [-0.15, -0.1) is 11.3 Å². The van der Waals surface area contributed by atoms with E-state index >= 15 is 0 Å². The normalized spacial score (nSPS) is 11.5. The van der Waals surface area contributed by atoms with Crippen molar-refractivity contribution < 1.29 is 8.42 Å². The lowest BCUT2D eigenvalue weighted by molar-refractivity contribution is 0.603. The number of halogens is 1. The van der Waals surface area contributed by atoms with Crippen molar-refractivity contribution >= 4 is 48.7 Å². The van der Waals surface area contributed by atoms with Crippen molar-refractivity contribution in [1.29, 1.82) is 0 Å². The lowest BCUT2D eigenvalue weighted by Gasteiger charge is -2.08. The number of nitrogens with one attached hydrogen (secondary N) is 1. The molecule has 4 nitrogen and oxygen atoms in total. The number of benzene rings is 1. The predicted molar refractivity (Wildman–Crippen MR) is 83.2 cm³/mol. The molecule has 0 amide bonds. The number of anilines is 2. The molecule has 1 aromatic carbocycles. The Balaban J connectivity index is 2.33. The van der Waals surface area contributed by atoms with Crippen molar-refractivity contribution in [3.63, 3.8) is 0 Å². The molecule has 1 heterocycles. The van der Waals surface area contributed by atoms with Crippen LogP contribution >= 0.6 is 27.3 Å². The molecule has 0 fully saturated rings. The number of sulfonamides is 1. The summed E-state index contributed by atoms with van der Waals surface area (Å²) in [5, 5.41) is 0. The van der Waals surface area contributed by atoms with Gasteiger partial charge < -0.3 is 5.73 Å². The van der Waals surface area contributed by atoms with Crippen LogP contribution in [-0.2, 0) is 10.0 Å².